The van der Waals surface area contributed by atoms with Crippen LogP contribution in [0.2, 0.25) is 0 Å². The highest BCUT2D eigenvalue weighted by Gasteiger charge is 2.47. The van der Waals surface area contributed by atoms with Gasteiger partial charge in [-0.3, -0.25) is 9.63 Å². The average Bonchev–Trinajstić information content (AvgIpc) is 3.49. The minimum atomic E-state index is -1.09. The lowest BCUT2D eigenvalue weighted by atomic mass is 9.91. The molecule has 2 fully saturated rings. The van der Waals surface area contributed by atoms with Crippen molar-refractivity contribution in [1.29, 1.82) is 0 Å². The molecule has 43 heavy (non-hydrogen) atoms. The van der Waals surface area contributed by atoms with Crippen molar-refractivity contribution >= 4 is 5.97 Å². The topological polar surface area (TPSA) is 124 Å². The van der Waals surface area contributed by atoms with E-state index >= 15 is 0 Å². The SMILES string of the molecule is CCC(O)C(C)C1OC1CC(C)(O)/C=C/C=C(\C)C1OC(=O)CC(O)CCC(C)C(ONCCN2CCCC2)/C=C/C1C. The Hall–Kier alpha value is -1.59. The molecule has 9 nitrogen and oxygen atoms in total. The molecule has 246 valence electrons. The van der Waals surface area contributed by atoms with E-state index in [1.54, 1.807) is 19.1 Å². The minimum absolute atomic E-state index is 0.0273. The van der Waals surface area contributed by atoms with E-state index in [1.165, 1.54) is 12.8 Å². The number of rotatable bonds is 13. The number of aliphatic hydroxyl groups excluding tert-OH is 2. The largest absolute Gasteiger partial charge is 0.457 e. The van der Waals surface area contributed by atoms with Gasteiger partial charge in [-0.15, -0.1) is 0 Å². The van der Waals surface area contributed by atoms with Gasteiger partial charge in [-0.05, 0) is 70.5 Å². The number of cyclic esters (lactones) is 1. The van der Waals surface area contributed by atoms with Crippen molar-refractivity contribution in [2.45, 2.75) is 129 Å². The van der Waals surface area contributed by atoms with Crippen LogP contribution in [-0.4, -0.2) is 94.6 Å². The molecule has 10 unspecified atom stereocenters. The maximum absolute atomic E-state index is 12.8. The van der Waals surface area contributed by atoms with Gasteiger partial charge < -0.3 is 29.7 Å². The van der Waals surface area contributed by atoms with Crippen molar-refractivity contribution in [3.05, 3.63) is 36.0 Å². The van der Waals surface area contributed by atoms with Crippen molar-refractivity contribution in [2.24, 2.45) is 17.8 Å². The molecule has 3 rings (SSSR count). The van der Waals surface area contributed by atoms with Crippen LogP contribution in [0.5, 0.6) is 0 Å². The minimum Gasteiger partial charge on any atom is -0.457 e. The van der Waals surface area contributed by atoms with Crippen LogP contribution in [0.3, 0.4) is 0 Å². The fourth-order valence-electron chi connectivity index (χ4n) is 6.17. The Bertz CT molecular complexity index is 945. The summed E-state index contributed by atoms with van der Waals surface area (Å²) < 4.78 is 11.7. The predicted molar refractivity (Wildman–Crippen MR) is 168 cm³/mol. The summed E-state index contributed by atoms with van der Waals surface area (Å²) in [6.45, 7) is 15.7. The van der Waals surface area contributed by atoms with Crippen molar-refractivity contribution in [3.8, 4) is 0 Å². The third kappa shape index (κ3) is 12.0. The molecule has 0 amide bonds. The fourth-order valence-corrected chi connectivity index (χ4v) is 6.17. The summed E-state index contributed by atoms with van der Waals surface area (Å²) in [5.74, 6) is -0.386. The predicted octanol–water partition coefficient (Wildman–Crippen LogP) is 4.08. The number of carbonyl (C=O) groups excluding carboxylic acids is 1. The van der Waals surface area contributed by atoms with Gasteiger partial charge in [0.05, 0.1) is 42.5 Å². The van der Waals surface area contributed by atoms with Gasteiger partial charge in [0.2, 0.25) is 0 Å². The number of hydrogen-bond acceptors (Lipinski definition) is 9. The lowest BCUT2D eigenvalue weighted by Gasteiger charge is -2.27. The molecule has 3 aliphatic heterocycles. The molecule has 0 radical (unpaired) electrons. The molecule has 0 aromatic heterocycles. The van der Waals surface area contributed by atoms with Crippen LogP contribution in [0.4, 0.5) is 0 Å². The van der Waals surface area contributed by atoms with Gasteiger partial charge >= 0.3 is 5.97 Å². The van der Waals surface area contributed by atoms with Gasteiger partial charge in [0.15, 0.2) is 0 Å². The smallest absolute Gasteiger partial charge is 0.309 e. The lowest BCUT2D eigenvalue weighted by Crippen LogP contribution is -2.35. The molecule has 0 aliphatic carbocycles. The maximum Gasteiger partial charge on any atom is 0.309 e. The Balaban J connectivity index is 1.64. The Labute approximate surface area is 259 Å². The molecule has 0 saturated carbocycles. The molecule has 3 heterocycles. The molecule has 3 aliphatic rings. The van der Waals surface area contributed by atoms with Gasteiger partial charge in [-0.1, -0.05) is 58.1 Å². The highest BCUT2D eigenvalue weighted by Crippen LogP contribution is 2.37. The molecule has 10 atom stereocenters. The summed E-state index contributed by atoms with van der Waals surface area (Å²) in [5.41, 5.74) is 2.91. The van der Waals surface area contributed by atoms with Crippen molar-refractivity contribution in [2.75, 3.05) is 26.2 Å². The molecule has 4 N–H and O–H groups in total. The summed E-state index contributed by atoms with van der Waals surface area (Å²) in [6.07, 6.45) is 12.3. The van der Waals surface area contributed by atoms with E-state index in [4.69, 9.17) is 14.3 Å². The molecule has 0 bridgehead atoms. The van der Waals surface area contributed by atoms with Gasteiger partial charge in [-0.25, -0.2) is 5.48 Å². The van der Waals surface area contributed by atoms with Crippen LogP contribution in [0.1, 0.15) is 86.5 Å². The second kappa shape index (κ2) is 17.2. The molecule has 2 saturated heterocycles. The second-order valence-corrected chi connectivity index (χ2v) is 13.4. The van der Waals surface area contributed by atoms with E-state index in [0.717, 1.165) is 38.2 Å². The van der Waals surface area contributed by atoms with Crippen molar-refractivity contribution in [3.63, 3.8) is 0 Å². The zero-order chi connectivity index (χ0) is 31.6. The fraction of sp³-hybridized carbons (Fsp3) is 0.794. The second-order valence-electron chi connectivity index (χ2n) is 13.4. The highest BCUT2D eigenvalue weighted by molar-refractivity contribution is 5.70. The Morgan fingerprint density at radius 2 is 1.98 bits per heavy atom. The highest BCUT2D eigenvalue weighted by atomic mass is 16.7. The van der Waals surface area contributed by atoms with Crippen LogP contribution < -0.4 is 5.48 Å². The van der Waals surface area contributed by atoms with Crippen LogP contribution in [0, 0.1) is 17.8 Å². The third-order valence-electron chi connectivity index (χ3n) is 9.25. The van der Waals surface area contributed by atoms with E-state index in [0.29, 0.717) is 19.3 Å². The van der Waals surface area contributed by atoms with Gasteiger partial charge in [-0.2, -0.15) is 0 Å². The number of carbonyl (C=O) groups is 1. The number of epoxide rings is 1. The Morgan fingerprint density at radius 3 is 2.67 bits per heavy atom. The number of aliphatic hydroxyl groups is 3. The van der Waals surface area contributed by atoms with Gasteiger partial charge in [0.1, 0.15) is 6.10 Å². The molecule has 0 aromatic carbocycles. The molecular weight excluding hydrogens is 548 g/mol. The maximum atomic E-state index is 12.8. The molecular formula is C34H58N2O7. The summed E-state index contributed by atoms with van der Waals surface area (Å²) in [5, 5.41) is 31.6. The van der Waals surface area contributed by atoms with Gasteiger partial charge in [0.25, 0.3) is 0 Å². The van der Waals surface area contributed by atoms with E-state index in [9.17, 15) is 20.1 Å². The van der Waals surface area contributed by atoms with Gasteiger partial charge in [0, 0.05) is 31.3 Å². The number of likely N-dealkylation sites (tertiary alicyclic amines) is 1. The zero-order valence-electron chi connectivity index (χ0n) is 27.3. The number of nitrogens with zero attached hydrogens (tertiary/aromatic N) is 1. The number of allylic oxidation sites excluding steroid dienone is 2. The van der Waals surface area contributed by atoms with E-state index in [1.807, 2.05) is 45.9 Å². The summed E-state index contributed by atoms with van der Waals surface area (Å²) in [7, 11) is 0. The Kier molecular flexibility index (Phi) is 14.4. The summed E-state index contributed by atoms with van der Waals surface area (Å²) >= 11 is 0. The number of ether oxygens (including phenoxy) is 2. The average molecular weight is 607 g/mol. The van der Waals surface area contributed by atoms with Crippen molar-refractivity contribution in [1.82, 2.24) is 10.4 Å². The summed E-state index contributed by atoms with van der Waals surface area (Å²) in [6, 6.07) is 0. The van der Waals surface area contributed by atoms with E-state index in [2.05, 4.69) is 17.3 Å². The first-order chi connectivity index (χ1) is 20.4. The molecule has 0 spiro atoms. The first-order valence-corrected chi connectivity index (χ1v) is 16.5. The number of esters is 1. The lowest BCUT2D eigenvalue weighted by molar-refractivity contribution is -0.151. The first-order valence-electron chi connectivity index (χ1n) is 16.5. The Morgan fingerprint density at radius 1 is 1.26 bits per heavy atom. The monoisotopic (exact) mass is 606 g/mol. The zero-order valence-corrected chi connectivity index (χ0v) is 27.3. The normalized spacial score (nSPS) is 35.0. The van der Waals surface area contributed by atoms with Crippen LogP contribution >= 0.6 is 0 Å². The number of nitrogens with one attached hydrogen (secondary N) is 1. The number of hydrogen-bond donors (Lipinski definition) is 4. The summed E-state index contributed by atoms with van der Waals surface area (Å²) in [4.78, 5) is 21.3. The van der Waals surface area contributed by atoms with Crippen LogP contribution in [-0.2, 0) is 19.1 Å². The van der Waals surface area contributed by atoms with E-state index in [-0.39, 0.29) is 42.5 Å². The van der Waals surface area contributed by atoms with E-state index < -0.39 is 29.9 Å². The number of hydroxylamine groups is 1. The molecule has 9 heteroatoms. The van der Waals surface area contributed by atoms with Crippen LogP contribution in [0.25, 0.3) is 0 Å². The standard InChI is InChI=1S/C34H58N2O7/c1-7-28(38)26(5)33-30(41-33)22-34(6,40)16-10-11-24(3)32-25(4)13-15-29(43-35-17-20-36-18-8-9-19-36)23(2)12-14-27(37)21-31(39)42-32/h10-11,13,15-16,23,25-30,32-33,35,37-38,40H,7-9,12,14,17-22H2,1-6H3/b15-13+,16-10+,24-11+. The molecule has 0 aromatic rings. The third-order valence-corrected chi connectivity index (χ3v) is 9.25. The first kappa shape index (κ1) is 35.9. The van der Waals surface area contributed by atoms with Crippen molar-refractivity contribution < 1.29 is 34.4 Å². The van der Waals surface area contributed by atoms with Crippen LogP contribution in [0.15, 0.2) is 36.0 Å². The quantitative estimate of drug-likeness (QED) is 0.0613.